The second-order valence-electron chi connectivity index (χ2n) is 4.71. The highest BCUT2D eigenvalue weighted by molar-refractivity contribution is 5.79. The molecule has 0 saturated carbocycles. The first-order valence-electron chi connectivity index (χ1n) is 6.11. The minimum atomic E-state index is 0.182. The maximum atomic E-state index is 12.3. The summed E-state index contributed by atoms with van der Waals surface area (Å²) < 4.78 is 0. The highest BCUT2D eigenvalue weighted by Gasteiger charge is 2.31. The molecule has 0 aromatic carbocycles. The van der Waals surface area contributed by atoms with Crippen LogP contribution in [0, 0.1) is 5.92 Å². The molecule has 1 amide bonds. The molecule has 1 fully saturated rings. The summed E-state index contributed by atoms with van der Waals surface area (Å²) in [5, 5.41) is 3.38. The minimum Gasteiger partial charge on any atom is -0.340 e. The second-order valence-corrected chi connectivity index (χ2v) is 4.71. The first kappa shape index (κ1) is 12.5. The lowest BCUT2D eigenvalue weighted by molar-refractivity contribution is -0.138. The van der Waals surface area contributed by atoms with E-state index in [-0.39, 0.29) is 5.92 Å². The number of hydrogen-bond donors (Lipinski definition) is 1. The largest absolute Gasteiger partial charge is 0.340 e. The Morgan fingerprint density at radius 1 is 1.53 bits per heavy atom. The average Bonchev–Trinajstić information content (AvgIpc) is 2.18. The third-order valence-electron chi connectivity index (χ3n) is 3.33. The van der Waals surface area contributed by atoms with E-state index >= 15 is 0 Å². The molecule has 3 heteroatoms. The topological polar surface area (TPSA) is 32.3 Å². The van der Waals surface area contributed by atoms with Crippen LogP contribution in [0.5, 0.6) is 0 Å². The summed E-state index contributed by atoms with van der Waals surface area (Å²) in [6.07, 6.45) is 2.16. The smallest absolute Gasteiger partial charge is 0.227 e. The molecule has 0 aromatic heterocycles. The molecule has 0 radical (unpaired) electrons. The van der Waals surface area contributed by atoms with E-state index in [1.165, 1.54) is 0 Å². The van der Waals surface area contributed by atoms with Gasteiger partial charge in [-0.1, -0.05) is 0 Å². The van der Waals surface area contributed by atoms with Gasteiger partial charge in [0, 0.05) is 18.6 Å². The van der Waals surface area contributed by atoms with E-state index < -0.39 is 0 Å². The summed E-state index contributed by atoms with van der Waals surface area (Å²) in [5.74, 6) is 0.508. The molecule has 3 nitrogen and oxygen atoms in total. The highest BCUT2D eigenvalue weighted by atomic mass is 16.2. The third-order valence-corrected chi connectivity index (χ3v) is 3.33. The Balaban J connectivity index is 2.64. The zero-order valence-electron chi connectivity index (χ0n) is 10.4. The van der Waals surface area contributed by atoms with Crippen molar-refractivity contribution in [3.8, 4) is 0 Å². The van der Waals surface area contributed by atoms with Gasteiger partial charge in [-0.3, -0.25) is 4.79 Å². The molecule has 0 unspecified atom stereocenters. The first-order valence-corrected chi connectivity index (χ1v) is 6.11. The molecule has 1 heterocycles. The number of nitrogens with one attached hydrogen (secondary N) is 1. The lowest BCUT2D eigenvalue weighted by Crippen LogP contribution is -2.49. The van der Waals surface area contributed by atoms with Crippen LogP contribution in [0.15, 0.2) is 0 Å². The number of hydrogen-bond acceptors (Lipinski definition) is 2. The van der Waals surface area contributed by atoms with E-state index in [1.54, 1.807) is 0 Å². The Hall–Kier alpha value is -0.570. The SMILES string of the molecule is CCN(C(=O)[C@@H]1CCCN[C@@H]1C)C(C)C. The monoisotopic (exact) mass is 212 g/mol. The summed E-state index contributed by atoms with van der Waals surface area (Å²) in [4.78, 5) is 14.2. The molecule has 0 aliphatic carbocycles. The van der Waals surface area contributed by atoms with E-state index in [2.05, 4.69) is 33.0 Å². The van der Waals surface area contributed by atoms with E-state index in [4.69, 9.17) is 0 Å². The normalized spacial score (nSPS) is 26.7. The van der Waals surface area contributed by atoms with Crippen molar-refractivity contribution in [2.45, 2.75) is 52.6 Å². The van der Waals surface area contributed by atoms with Gasteiger partial charge in [0.25, 0.3) is 0 Å². The lowest BCUT2D eigenvalue weighted by Gasteiger charge is -2.35. The number of carbonyl (C=O) groups excluding carboxylic acids is 1. The van der Waals surface area contributed by atoms with Gasteiger partial charge >= 0.3 is 0 Å². The second kappa shape index (κ2) is 5.50. The number of amides is 1. The highest BCUT2D eigenvalue weighted by Crippen LogP contribution is 2.20. The third kappa shape index (κ3) is 2.94. The van der Waals surface area contributed by atoms with Crippen LogP contribution < -0.4 is 5.32 Å². The molecular formula is C12H24N2O. The van der Waals surface area contributed by atoms with E-state index in [9.17, 15) is 4.79 Å². The molecule has 88 valence electrons. The fourth-order valence-corrected chi connectivity index (χ4v) is 2.37. The predicted octanol–water partition coefficient (Wildman–Crippen LogP) is 1.63. The number of carbonyl (C=O) groups is 1. The molecule has 1 aliphatic rings. The van der Waals surface area contributed by atoms with Gasteiger partial charge in [-0.25, -0.2) is 0 Å². The summed E-state index contributed by atoms with van der Waals surface area (Å²) in [5.41, 5.74) is 0. The minimum absolute atomic E-state index is 0.182. The summed E-state index contributed by atoms with van der Waals surface area (Å²) in [6.45, 7) is 10.2. The Morgan fingerprint density at radius 3 is 2.67 bits per heavy atom. The van der Waals surface area contributed by atoms with Crippen molar-refractivity contribution in [3.63, 3.8) is 0 Å². The Labute approximate surface area is 93.2 Å². The Bertz CT molecular complexity index is 216. The van der Waals surface area contributed by atoms with Crippen molar-refractivity contribution in [2.75, 3.05) is 13.1 Å². The fourth-order valence-electron chi connectivity index (χ4n) is 2.37. The van der Waals surface area contributed by atoms with Crippen LogP contribution in [0.2, 0.25) is 0 Å². The van der Waals surface area contributed by atoms with Crippen molar-refractivity contribution in [3.05, 3.63) is 0 Å². The average molecular weight is 212 g/mol. The van der Waals surface area contributed by atoms with E-state index in [0.717, 1.165) is 25.9 Å². The number of rotatable bonds is 3. The van der Waals surface area contributed by atoms with Gasteiger partial charge in [-0.05, 0) is 47.1 Å². The van der Waals surface area contributed by atoms with Crippen LogP contribution in [-0.2, 0) is 4.79 Å². The van der Waals surface area contributed by atoms with Crippen LogP contribution in [0.25, 0.3) is 0 Å². The van der Waals surface area contributed by atoms with Gasteiger partial charge < -0.3 is 10.2 Å². The standard InChI is InChI=1S/C12H24N2O/c1-5-14(9(2)3)12(15)11-7-6-8-13-10(11)4/h9-11,13H,5-8H2,1-4H3/t10-,11-/m1/s1. The fraction of sp³-hybridized carbons (Fsp3) is 0.917. The molecule has 0 aromatic rings. The van der Waals surface area contributed by atoms with Crippen molar-refractivity contribution in [1.82, 2.24) is 10.2 Å². The molecule has 0 bridgehead atoms. The Kier molecular flexibility index (Phi) is 4.58. The van der Waals surface area contributed by atoms with Crippen LogP contribution in [-0.4, -0.2) is 36.0 Å². The molecule has 1 N–H and O–H groups in total. The number of nitrogens with zero attached hydrogens (tertiary/aromatic N) is 1. The predicted molar refractivity (Wildman–Crippen MR) is 62.7 cm³/mol. The van der Waals surface area contributed by atoms with Crippen molar-refractivity contribution in [1.29, 1.82) is 0 Å². The first-order chi connectivity index (χ1) is 7.07. The quantitative estimate of drug-likeness (QED) is 0.771. The van der Waals surface area contributed by atoms with Crippen LogP contribution in [0.3, 0.4) is 0 Å². The van der Waals surface area contributed by atoms with Gasteiger partial charge in [-0.15, -0.1) is 0 Å². The van der Waals surface area contributed by atoms with Crippen LogP contribution >= 0.6 is 0 Å². The molecular weight excluding hydrogens is 188 g/mol. The maximum absolute atomic E-state index is 12.3. The van der Waals surface area contributed by atoms with Gasteiger partial charge in [0.2, 0.25) is 5.91 Å². The summed E-state index contributed by atoms with van der Waals surface area (Å²) in [6, 6.07) is 0.649. The molecule has 0 spiro atoms. The summed E-state index contributed by atoms with van der Waals surface area (Å²) >= 11 is 0. The molecule has 1 aliphatic heterocycles. The van der Waals surface area contributed by atoms with Crippen molar-refractivity contribution < 1.29 is 4.79 Å². The zero-order chi connectivity index (χ0) is 11.4. The summed E-state index contributed by atoms with van der Waals surface area (Å²) in [7, 11) is 0. The lowest BCUT2D eigenvalue weighted by atomic mass is 9.90. The van der Waals surface area contributed by atoms with Crippen LogP contribution in [0.4, 0.5) is 0 Å². The molecule has 1 rings (SSSR count). The van der Waals surface area contributed by atoms with Crippen LogP contribution in [0.1, 0.15) is 40.5 Å². The molecule has 2 atom stereocenters. The van der Waals surface area contributed by atoms with E-state index in [1.807, 2.05) is 4.90 Å². The Morgan fingerprint density at radius 2 is 2.20 bits per heavy atom. The van der Waals surface area contributed by atoms with Crippen molar-refractivity contribution >= 4 is 5.91 Å². The van der Waals surface area contributed by atoms with Gasteiger partial charge in [0.05, 0.1) is 5.92 Å². The zero-order valence-corrected chi connectivity index (χ0v) is 10.4. The molecule has 1 saturated heterocycles. The maximum Gasteiger partial charge on any atom is 0.227 e. The van der Waals surface area contributed by atoms with Crippen molar-refractivity contribution in [2.24, 2.45) is 5.92 Å². The number of piperidine rings is 1. The van der Waals surface area contributed by atoms with E-state index in [0.29, 0.717) is 18.0 Å². The molecule has 15 heavy (non-hydrogen) atoms. The van der Waals surface area contributed by atoms with Gasteiger partial charge in [0.15, 0.2) is 0 Å². The van der Waals surface area contributed by atoms with Gasteiger partial charge in [-0.2, -0.15) is 0 Å². The van der Waals surface area contributed by atoms with Gasteiger partial charge in [0.1, 0.15) is 0 Å².